The third-order valence-electron chi connectivity index (χ3n) is 6.44. The van der Waals surface area contributed by atoms with E-state index in [4.69, 9.17) is 14.5 Å². The lowest BCUT2D eigenvalue weighted by molar-refractivity contribution is 0.201. The van der Waals surface area contributed by atoms with Crippen molar-refractivity contribution >= 4 is 0 Å². The van der Waals surface area contributed by atoms with Crippen LogP contribution >= 0.6 is 0 Å². The van der Waals surface area contributed by atoms with Crippen LogP contribution in [-0.2, 0) is 6.54 Å². The van der Waals surface area contributed by atoms with Crippen molar-refractivity contribution in [2.24, 2.45) is 5.92 Å². The smallest absolute Gasteiger partial charge is 0.162 e. The van der Waals surface area contributed by atoms with Crippen LogP contribution in [0.4, 0.5) is 0 Å². The van der Waals surface area contributed by atoms with Gasteiger partial charge in [-0.2, -0.15) is 0 Å². The minimum atomic E-state index is 0.245. The van der Waals surface area contributed by atoms with Gasteiger partial charge in [0.2, 0.25) is 0 Å². The number of pyridine rings is 2. The number of benzene rings is 1. The lowest BCUT2D eigenvalue weighted by Gasteiger charge is -2.18. The molecule has 1 saturated carbocycles. The van der Waals surface area contributed by atoms with Crippen molar-refractivity contribution in [2.75, 3.05) is 7.11 Å². The zero-order valence-electron chi connectivity index (χ0n) is 20.6. The Morgan fingerprint density at radius 2 is 1.51 bits per heavy atom. The molecule has 3 heterocycles. The Hall–Kier alpha value is -3.67. The van der Waals surface area contributed by atoms with Gasteiger partial charge in [0.05, 0.1) is 24.6 Å². The van der Waals surface area contributed by atoms with Gasteiger partial charge in [0, 0.05) is 48.0 Å². The maximum atomic E-state index is 6.41. The van der Waals surface area contributed by atoms with Gasteiger partial charge in [-0.3, -0.25) is 9.97 Å². The summed E-state index contributed by atoms with van der Waals surface area (Å²) < 4.78 is 14.4. The van der Waals surface area contributed by atoms with E-state index >= 15 is 0 Å². The Kier molecular flexibility index (Phi) is 6.80. The van der Waals surface area contributed by atoms with E-state index in [-0.39, 0.29) is 6.10 Å². The summed E-state index contributed by atoms with van der Waals surface area (Å²) in [5.41, 5.74) is 5.14. The summed E-state index contributed by atoms with van der Waals surface area (Å²) in [5.74, 6) is 2.88. The standard InChI is InChI=1S/C29H32N4O2/c1-20(2)19-33-28(22-12-16-31-17-13-22)27(21-10-14-30-15-11-21)32-29(33)23-8-9-25(34-3)26(18-23)35-24-6-4-5-7-24/h8-18,20,24H,4-7,19H2,1-3H3. The highest BCUT2D eigenvalue weighted by Crippen LogP contribution is 2.40. The lowest BCUT2D eigenvalue weighted by atomic mass is 10.1. The van der Waals surface area contributed by atoms with Crippen LogP contribution in [0.25, 0.3) is 33.9 Å². The van der Waals surface area contributed by atoms with Gasteiger partial charge in [0.25, 0.3) is 0 Å². The number of ether oxygens (including phenoxy) is 2. The lowest BCUT2D eigenvalue weighted by Crippen LogP contribution is -2.12. The first-order valence-electron chi connectivity index (χ1n) is 12.4. The van der Waals surface area contributed by atoms with Crippen LogP contribution in [0.3, 0.4) is 0 Å². The van der Waals surface area contributed by atoms with Crippen LogP contribution in [-0.4, -0.2) is 32.7 Å². The number of rotatable bonds is 8. The second-order valence-corrected chi connectivity index (χ2v) is 9.50. The summed E-state index contributed by atoms with van der Waals surface area (Å²) in [6, 6.07) is 14.3. The highest BCUT2D eigenvalue weighted by atomic mass is 16.5. The van der Waals surface area contributed by atoms with Gasteiger partial charge in [-0.05, 0) is 74.1 Å². The van der Waals surface area contributed by atoms with Crippen molar-refractivity contribution in [3.05, 3.63) is 67.3 Å². The highest BCUT2D eigenvalue weighted by molar-refractivity contribution is 5.82. The summed E-state index contributed by atoms with van der Waals surface area (Å²) in [7, 11) is 1.69. The molecule has 0 radical (unpaired) electrons. The van der Waals surface area contributed by atoms with E-state index in [1.807, 2.05) is 55.1 Å². The molecule has 0 atom stereocenters. The van der Waals surface area contributed by atoms with Crippen molar-refractivity contribution in [1.82, 2.24) is 19.5 Å². The number of methoxy groups -OCH3 is 1. The average Bonchev–Trinajstić information content (AvgIpc) is 3.53. The van der Waals surface area contributed by atoms with Crippen LogP contribution in [0.1, 0.15) is 39.5 Å². The molecule has 0 N–H and O–H groups in total. The minimum absolute atomic E-state index is 0.245. The summed E-state index contributed by atoms with van der Waals surface area (Å²) in [6.07, 6.45) is 12.2. The van der Waals surface area contributed by atoms with E-state index in [1.165, 1.54) is 12.8 Å². The van der Waals surface area contributed by atoms with Crippen LogP contribution < -0.4 is 9.47 Å². The van der Waals surface area contributed by atoms with Gasteiger partial charge in [-0.25, -0.2) is 4.98 Å². The Labute approximate surface area is 207 Å². The Bertz CT molecular complexity index is 1260. The topological polar surface area (TPSA) is 62.1 Å². The molecule has 0 amide bonds. The Morgan fingerprint density at radius 3 is 2.14 bits per heavy atom. The molecule has 1 aliphatic rings. The first-order chi connectivity index (χ1) is 17.1. The van der Waals surface area contributed by atoms with Gasteiger partial charge >= 0.3 is 0 Å². The molecule has 3 aromatic heterocycles. The summed E-state index contributed by atoms with van der Waals surface area (Å²) in [6.45, 7) is 5.29. The van der Waals surface area contributed by atoms with Crippen LogP contribution in [0.15, 0.2) is 67.3 Å². The third-order valence-corrected chi connectivity index (χ3v) is 6.44. The van der Waals surface area contributed by atoms with Gasteiger partial charge in [0.15, 0.2) is 11.5 Å². The molecular weight excluding hydrogens is 436 g/mol. The van der Waals surface area contributed by atoms with Gasteiger partial charge in [0.1, 0.15) is 5.82 Å². The summed E-state index contributed by atoms with van der Waals surface area (Å²) in [4.78, 5) is 13.7. The first-order valence-corrected chi connectivity index (χ1v) is 12.4. The van der Waals surface area contributed by atoms with Crippen LogP contribution in [0.2, 0.25) is 0 Å². The zero-order valence-corrected chi connectivity index (χ0v) is 20.6. The monoisotopic (exact) mass is 468 g/mol. The van der Waals surface area contributed by atoms with Crippen molar-refractivity contribution < 1.29 is 9.47 Å². The van der Waals surface area contributed by atoms with E-state index < -0.39 is 0 Å². The summed E-state index contributed by atoms with van der Waals surface area (Å²) in [5, 5.41) is 0. The van der Waals surface area contributed by atoms with Gasteiger partial charge < -0.3 is 14.0 Å². The molecule has 180 valence electrons. The largest absolute Gasteiger partial charge is 0.493 e. The summed E-state index contributed by atoms with van der Waals surface area (Å²) >= 11 is 0. The zero-order chi connectivity index (χ0) is 24.2. The quantitative estimate of drug-likeness (QED) is 0.289. The number of imidazole rings is 1. The van der Waals surface area contributed by atoms with E-state index in [0.29, 0.717) is 5.92 Å². The minimum Gasteiger partial charge on any atom is -0.493 e. The maximum absolute atomic E-state index is 6.41. The normalized spacial score (nSPS) is 13.9. The second-order valence-electron chi connectivity index (χ2n) is 9.50. The van der Waals surface area contributed by atoms with Crippen LogP contribution in [0.5, 0.6) is 11.5 Å². The fourth-order valence-corrected chi connectivity index (χ4v) is 4.82. The molecule has 1 aliphatic carbocycles. The molecule has 0 bridgehead atoms. The first kappa shape index (κ1) is 23.1. The fourth-order valence-electron chi connectivity index (χ4n) is 4.82. The third kappa shape index (κ3) is 4.92. The fraction of sp³-hybridized carbons (Fsp3) is 0.345. The van der Waals surface area contributed by atoms with E-state index in [1.54, 1.807) is 7.11 Å². The molecule has 6 nitrogen and oxygen atoms in total. The molecule has 1 aromatic carbocycles. The maximum Gasteiger partial charge on any atom is 0.162 e. The van der Waals surface area contributed by atoms with Gasteiger partial charge in [-0.1, -0.05) is 13.8 Å². The molecule has 0 aliphatic heterocycles. The molecular formula is C29H32N4O2. The molecule has 1 fully saturated rings. The van der Waals surface area contributed by atoms with Crippen molar-refractivity contribution in [1.29, 1.82) is 0 Å². The number of hydrogen-bond donors (Lipinski definition) is 0. The SMILES string of the molecule is COc1ccc(-c2nc(-c3ccncc3)c(-c3ccncc3)n2CC(C)C)cc1OC1CCCC1. The number of hydrogen-bond acceptors (Lipinski definition) is 5. The van der Waals surface area contributed by atoms with E-state index in [9.17, 15) is 0 Å². The Balaban J connectivity index is 1.69. The van der Waals surface area contributed by atoms with E-state index in [2.05, 4.69) is 40.5 Å². The predicted octanol–water partition coefficient (Wildman–Crippen LogP) is 6.66. The van der Waals surface area contributed by atoms with Crippen LogP contribution in [0, 0.1) is 5.92 Å². The van der Waals surface area contributed by atoms with E-state index in [0.717, 1.165) is 64.8 Å². The molecule has 0 saturated heterocycles. The number of nitrogens with zero attached hydrogens (tertiary/aromatic N) is 4. The molecule has 5 rings (SSSR count). The van der Waals surface area contributed by atoms with Crippen molar-refractivity contribution in [3.8, 4) is 45.4 Å². The number of aromatic nitrogens is 4. The highest BCUT2D eigenvalue weighted by Gasteiger charge is 2.24. The Morgan fingerprint density at radius 1 is 0.857 bits per heavy atom. The average molecular weight is 469 g/mol. The van der Waals surface area contributed by atoms with Gasteiger partial charge in [-0.15, -0.1) is 0 Å². The predicted molar refractivity (Wildman–Crippen MR) is 138 cm³/mol. The second kappa shape index (κ2) is 10.3. The molecule has 4 aromatic rings. The molecule has 6 heteroatoms. The van der Waals surface area contributed by atoms with Crippen molar-refractivity contribution in [3.63, 3.8) is 0 Å². The molecule has 35 heavy (non-hydrogen) atoms. The molecule has 0 unspecified atom stereocenters. The molecule has 0 spiro atoms. The van der Waals surface area contributed by atoms with Crippen molar-refractivity contribution in [2.45, 2.75) is 52.2 Å².